The molecule has 3 amide bonds. The van der Waals surface area contributed by atoms with Crippen molar-refractivity contribution in [2.75, 3.05) is 25.1 Å². The van der Waals surface area contributed by atoms with Crippen LogP contribution in [0.25, 0.3) is 0 Å². The maximum absolute atomic E-state index is 11.7. The summed E-state index contributed by atoms with van der Waals surface area (Å²) in [7, 11) is 0. The molecular formula is C10H18N4O6S. The number of urea groups is 1. The Labute approximate surface area is 124 Å². The van der Waals surface area contributed by atoms with Gasteiger partial charge in [-0.15, -0.1) is 0 Å². The zero-order valence-corrected chi connectivity index (χ0v) is 12.1. The molecule has 0 aliphatic rings. The number of nitrogens with one attached hydrogen (secondary N) is 3. The molecule has 0 radical (unpaired) electrons. The molecule has 0 aromatic rings. The highest BCUT2D eigenvalue weighted by Crippen LogP contribution is 1.97. The summed E-state index contributed by atoms with van der Waals surface area (Å²) in [6.07, 6.45) is 1.71. The quantitative estimate of drug-likeness (QED) is 0.273. The van der Waals surface area contributed by atoms with Gasteiger partial charge in [-0.1, -0.05) is 0 Å². The van der Waals surface area contributed by atoms with Crippen LogP contribution >= 0.6 is 11.8 Å². The van der Waals surface area contributed by atoms with Crippen LogP contribution in [0.15, 0.2) is 0 Å². The number of thioether (sulfide) groups is 1. The molecule has 2 atom stereocenters. The van der Waals surface area contributed by atoms with Gasteiger partial charge < -0.3 is 31.9 Å². The van der Waals surface area contributed by atoms with Gasteiger partial charge in [0.25, 0.3) is 0 Å². The fourth-order valence-corrected chi connectivity index (χ4v) is 1.70. The van der Waals surface area contributed by atoms with Crippen LogP contribution < -0.4 is 21.7 Å². The van der Waals surface area contributed by atoms with Gasteiger partial charge in [0.1, 0.15) is 18.6 Å². The van der Waals surface area contributed by atoms with Crippen LogP contribution in [0, 0.1) is 0 Å². The summed E-state index contributed by atoms with van der Waals surface area (Å²) in [4.78, 5) is 44.0. The van der Waals surface area contributed by atoms with Crippen molar-refractivity contribution in [3.63, 3.8) is 0 Å². The first-order chi connectivity index (χ1) is 9.77. The van der Waals surface area contributed by atoms with Crippen LogP contribution in [0.5, 0.6) is 0 Å². The monoisotopic (exact) mass is 322 g/mol. The molecule has 0 rings (SSSR count). The lowest BCUT2D eigenvalue weighted by atomic mass is 10.3. The summed E-state index contributed by atoms with van der Waals surface area (Å²) in [5.74, 6) is -2.90. The predicted octanol–water partition coefficient (Wildman–Crippen LogP) is -2.37. The molecule has 0 aliphatic carbocycles. The molecule has 2 unspecified atom stereocenters. The third kappa shape index (κ3) is 8.70. The van der Waals surface area contributed by atoms with Gasteiger partial charge in [0.05, 0.1) is 0 Å². The standard InChI is InChI=1S/C10H18N4O6S/c1-21-4-6(8(17)12-3-7(15)16)14-10(20)13-2-5(11)9(18)19/h5-6H,2-4,11H2,1H3,(H,12,17)(H,15,16)(H,18,19)(H2,13,14,20). The van der Waals surface area contributed by atoms with E-state index in [1.165, 1.54) is 11.8 Å². The van der Waals surface area contributed by atoms with Crippen LogP contribution in [-0.2, 0) is 14.4 Å². The first-order valence-electron chi connectivity index (χ1n) is 5.79. The Balaban J connectivity index is 4.35. The van der Waals surface area contributed by atoms with Crippen LogP contribution in [0.4, 0.5) is 4.79 Å². The second-order valence-electron chi connectivity index (χ2n) is 3.92. The first-order valence-corrected chi connectivity index (χ1v) is 7.18. The molecule has 0 spiro atoms. The molecule has 10 nitrogen and oxygen atoms in total. The molecular weight excluding hydrogens is 304 g/mol. The molecule has 21 heavy (non-hydrogen) atoms. The lowest BCUT2D eigenvalue weighted by Gasteiger charge is -2.18. The fraction of sp³-hybridized carbons (Fsp3) is 0.600. The highest BCUT2D eigenvalue weighted by Gasteiger charge is 2.21. The van der Waals surface area contributed by atoms with Gasteiger partial charge in [-0.3, -0.25) is 14.4 Å². The summed E-state index contributed by atoms with van der Waals surface area (Å²) in [6.45, 7) is -0.860. The molecule has 11 heteroatoms. The maximum atomic E-state index is 11.7. The van der Waals surface area contributed by atoms with E-state index in [1.54, 1.807) is 6.26 Å². The molecule has 7 N–H and O–H groups in total. The highest BCUT2D eigenvalue weighted by molar-refractivity contribution is 7.98. The second-order valence-corrected chi connectivity index (χ2v) is 4.83. The van der Waals surface area contributed by atoms with Crippen LogP contribution in [0.2, 0.25) is 0 Å². The van der Waals surface area contributed by atoms with Crippen molar-refractivity contribution in [1.29, 1.82) is 0 Å². The summed E-state index contributed by atoms with van der Waals surface area (Å²) >= 11 is 1.27. The zero-order valence-electron chi connectivity index (χ0n) is 11.3. The number of aliphatic carboxylic acids is 2. The van der Waals surface area contributed by atoms with Gasteiger partial charge in [-0.2, -0.15) is 11.8 Å². The number of rotatable bonds is 9. The smallest absolute Gasteiger partial charge is 0.322 e. The molecule has 0 fully saturated rings. The number of nitrogens with two attached hydrogens (primary N) is 1. The van der Waals surface area contributed by atoms with E-state index in [0.717, 1.165) is 0 Å². The average Bonchev–Trinajstić information content (AvgIpc) is 2.41. The molecule has 0 aromatic carbocycles. The van der Waals surface area contributed by atoms with Crippen molar-refractivity contribution in [1.82, 2.24) is 16.0 Å². The van der Waals surface area contributed by atoms with E-state index in [1.807, 2.05) is 0 Å². The largest absolute Gasteiger partial charge is 0.480 e. The fourth-order valence-electron chi connectivity index (χ4n) is 1.13. The first kappa shape index (κ1) is 19.0. The van der Waals surface area contributed by atoms with Crippen molar-refractivity contribution in [3.8, 4) is 0 Å². The molecule has 0 aromatic heterocycles. The van der Waals surface area contributed by atoms with E-state index in [9.17, 15) is 19.2 Å². The molecule has 0 saturated heterocycles. The summed E-state index contributed by atoms with van der Waals surface area (Å²) < 4.78 is 0. The minimum atomic E-state index is -1.27. The molecule has 0 saturated carbocycles. The molecule has 0 aliphatic heterocycles. The van der Waals surface area contributed by atoms with Crippen LogP contribution in [0.1, 0.15) is 0 Å². The van der Waals surface area contributed by atoms with E-state index in [0.29, 0.717) is 0 Å². The SMILES string of the molecule is CSCC(NC(=O)NCC(N)C(=O)O)C(=O)NCC(=O)O. The second kappa shape index (κ2) is 9.83. The number of hydrogen-bond donors (Lipinski definition) is 6. The van der Waals surface area contributed by atoms with Gasteiger partial charge in [-0.25, -0.2) is 4.79 Å². The Hall–Kier alpha value is -2.01. The van der Waals surface area contributed by atoms with Gasteiger partial charge >= 0.3 is 18.0 Å². The Kier molecular flexibility index (Phi) is 8.88. The van der Waals surface area contributed by atoms with E-state index in [-0.39, 0.29) is 12.3 Å². The van der Waals surface area contributed by atoms with Gasteiger partial charge in [0.15, 0.2) is 0 Å². The third-order valence-corrected chi connectivity index (χ3v) is 2.84. The lowest BCUT2D eigenvalue weighted by Crippen LogP contribution is -2.53. The minimum absolute atomic E-state index is 0.226. The molecule has 0 heterocycles. The van der Waals surface area contributed by atoms with Crippen molar-refractivity contribution in [2.24, 2.45) is 5.73 Å². The van der Waals surface area contributed by atoms with Gasteiger partial charge in [-0.05, 0) is 6.26 Å². The Morgan fingerprint density at radius 1 is 1.19 bits per heavy atom. The molecule has 0 bridgehead atoms. The maximum Gasteiger partial charge on any atom is 0.322 e. The Bertz CT molecular complexity index is 405. The van der Waals surface area contributed by atoms with Crippen molar-refractivity contribution in [3.05, 3.63) is 0 Å². The van der Waals surface area contributed by atoms with Crippen LogP contribution in [0.3, 0.4) is 0 Å². The van der Waals surface area contributed by atoms with E-state index in [2.05, 4.69) is 16.0 Å². The number of carbonyl (C=O) groups is 4. The average molecular weight is 322 g/mol. The number of carboxylic acids is 2. The summed E-state index contributed by atoms with van der Waals surface area (Å²) in [6, 6.07) is -2.97. The number of amides is 3. The topological polar surface area (TPSA) is 171 Å². The predicted molar refractivity (Wildman–Crippen MR) is 75.0 cm³/mol. The highest BCUT2D eigenvalue weighted by atomic mass is 32.2. The van der Waals surface area contributed by atoms with Gasteiger partial charge in [0.2, 0.25) is 5.91 Å². The number of hydrogen-bond acceptors (Lipinski definition) is 6. The normalized spacial score (nSPS) is 12.9. The molecule has 120 valence electrons. The van der Waals surface area contributed by atoms with Crippen LogP contribution in [-0.4, -0.2) is 71.3 Å². The van der Waals surface area contributed by atoms with Crippen molar-refractivity contribution in [2.45, 2.75) is 12.1 Å². The zero-order chi connectivity index (χ0) is 16.4. The van der Waals surface area contributed by atoms with Gasteiger partial charge in [0, 0.05) is 12.3 Å². The number of carboxylic acid groups (broad SMARTS) is 2. The van der Waals surface area contributed by atoms with Crippen molar-refractivity contribution >= 4 is 35.6 Å². The Morgan fingerprint density at radius 2 is 1.81 bits per heavy atom. The van der Waals surface area contributed by atoms with E-state index >= 15 is 0 Å². The minimum Gasteiger partial charge on any atom is -0.480 e. The van der Waals surface area contributed by atoms with Crippen molar-refractivity contribution < 1.29 is 29.4 Å². The van der Waals surface area contributed by atoms with E-state index in [4.69, 9.17) is 15.9 Å². The summed E-state index contributed by atoms with van der Waals surface area (Å²) in [5, 5.41) is 23.7. The summed E-state index contributed by atoms with van der Waals surface area (Å²) in [5.41, 5.74) is 5.20. The number of carbonyl (C=O) groups excluding carboxylic acids is 2. The third-order valence-electron chi connectivity index (χ3n) is 2.17. The Morgan fingerprint density at radius 3 is 2.29 bits per heavy atom. The van der Waals surface area contributed by atoms with E-state index < -0.39 is 42.5 Å². The lowest BCUT2D eigenvalue weighted by molar-refractivity contribution is -0.138.